The number of unbranched alkanes of at least 4 members (excludes halogenated alkanes) is 13. The summed E-state index contributed by atoms with van der Waals surface area (Å²) < 4.78 is 7.92. The average Bonchev–Trinajstić information content (AvgIpc) is 2.64. The molecule has 0 aliphatic rings. The van der Waals surface area contributed by atoms with E-state index in [0.29, 0.717) is 6.73 Å². The number of aromatic nitrogens is 1. The molecule has 0 bridgehead atoms. The topological polar surface area (TPSA) is 13.1 Å². The number of ether oxygens (including phenoxy) is 1. The van der Waals surface area contributed by atoms with Crippen LogP contribution in [0.4, 0.5) is 0 Å². The van der Waals surface area contributed by atoms with E-state index in [9.17, 15) is 0 Å². The van der Waals surface area contributed by atoms with Crippen LogP contribution in [0.1, 0.15) is 108 Å². The summed E-state index contributed by atoms with van der Waals surface area (Å²) in [7, 11) is 0. The molecule has 0 N–H and O–H groups in total. The van der Waals surface area contributed by atoms with Crippen LogP contribution in [-0.4, -0.2) is 6.61 Å². The summed E-state index contributed by atoms with van der Waals surface area (Å²) in [5.41, 5.74) is 2.67. The fraction of sp³-hybridized carbons (Fsp3) is 0.792. The summed E-state index contributed by atoms with van der Waals surface area (Å²) in [6.07, 6.45) is 23.9. The van der Waals surface area contributed by atoms with Gasteiger partial charge in [0.1, 0.15) is 0 Å². The second-order valence-corrected chi connectivity index (χ2v) is 7.96. The van der Waals surface area contributed by atoms with E-state index < -0.39 is 0 Å². The molecule has 2 nitrogen and oxygen atoms in total. The first-order valence-electron chi connectivity index (χ1n) is 11.3. The maximum Gasteiger partial charge on any atom is 0.252 e. The van der Waals surface area contributed by atoms with Crippen LogP contribution in [0.15, 0.2) is 18.5 Å². The largest absolute Gasteiger partial charge is 0.323 e. The van der Waals surface area contributed by atoms with Crippen LogP contribution in [0, 0.1) is 13.8 Å². The van der Waals surface area contributed by atoms with Crippen molar-refractivity contribution in [1.82, 2.24) is 0 Å². The van der Waals surface area contributed by atoms with Crippen molar-refractivity contribution in [1.29, 1.82) is 0 Å². The lowest BCUT2D eigenvalue weighted by Crippen LogP contribution is -2.35. The quantitative estimate of drug-likeness (QED) is 0.214. The normalized spacial score (nSPS) is 11.2. The molecule has 1 heterocycles. The Balaban J connectivity index is 1.79. The zero-order valence-corrected chi connectivity index (χ0v) is 17.9. The third-order valence-electron chi connectivity index (χ3n) is 5.38. The fourth-order valence-corrected chi connectivity index (χ4v) is 3.38. The Kier molecular flexibility index (Phi) is 14.5. The highest BCUT2D eigenvalue weighted by molar-refractivity contribution is 5.16. The number of pyridine rings is 1. The number of rotatable bonds is 17. The molecular weight excluding hydrogens is 318 g/mol. The Morgan fingerprint density at radius 2 is 1.19 bits per heavy atom. The van der Waals surface area contributed by atoms with E-state index in [1.54, 1.807) is 0 Å². The maximum absolute atomic E-state index is 5.78. The summed E-state index contributed by atoms with van der Waals surface area (Å²) in [6, 6.07) is 2.16. The van der Waals surface area contributed by atoms with Gasteiger partial charge in [-0.3, -0.25) is 0 Å². The van der Waals surface area contributed by atoms with Crippen molar-refractivity contribution in [3.8, 4) is 0 Å². The molecule has 0 unspecified atom stereocenters. The SMILES string of the molecule is CCCCCCCCCCCCCCCCOC[n+]1ccc(C)c(C)c1. The molecule has 0 amide bonds. The molecule has 26 heavy (non-hydrogen) atoms. The summed E-state index contributed by atoms with van der Waals surface area (Å²) in [4.78, 5) is 0. The van der Waals surface area contributed by atoms with Gasteiger partial charge in [0.25, 0.3) is 6.73 Å². The highest BCUT2D eigenvalue weighted by Gasteiger charge is 2.02. The molecule has 1 aromatic heterocycles. The maximum atomic E-state index is 5.78. The van der Waals surface area contributed by atoms with Crippen LogP contribution < -0.4 is 4.57 Å². The molecule has 150 valence electrons. The predicted octanol–water partition coefficient (Wildman–Crippen LogP) is 7.05. The lowest BCUT2D eigenvalue weighted by Gasteiger charge is -2.04. The Hall–Kier alpha value is -0.890. The van der Waals surface area contributed by atoms with Crippen LogP contribution in [0.2, 0.25) is 0 Å². The van der Waals surface area contributed by atoms with Gasteiger partial charge in [-0.25, -0.2) is 0 Å². The van der Waals surface area contributed by atoms with Crippen LogP contribution >= 0.6 is 0 Å². The van der Waals surface area contributed by atoms with Crippen molar-refractivity contribution >= 4 is 0 Å². The highest BCUT2D eigenvalue weighted by atomic mass is 16.5. The van der Waals surface area contributed by atoms with Crippen molar-refractivity contribution in [2.45, 2.75) is 117 Å². The van der Waals surface area contributed by atoms with Gasteiger partial charge in [0.05, 0.1) is 6.61 Å². The second-order valence-electron chi connectivity index (χ2n) is 7.96. The first-order chi connectivity index (χ1) is 12.7. The first-order valence-corrected chi connectivity index (χ1v) is 11.3. The lowest BCUT2D eigenvalue weighted by molar-refractivity contribution is -0.733. The number of nitrogens with zero attached hydrogens (tertiary/aromatic N) is 1. The van der Waals surface area contributed by atoms with E-state index in [-0.39, 0.29) is 0 Å². The number of hydrogen-bond acceptors (Lipinski definition) is 1. The van der Waals surface area contributed by atoms with E-state index in [1.165, 1.54) is 101 Å². The first kappa shape index (κ1) is 23.1. The number of aryl methyl sites for hydroxylation is 2. The van der Waals surface area contributed by atoms with E-state index in [2.05, 4.69) is 43.8 Å². The van der Waals surface area contributed by atoms with Crippen LogP contribution in [-0.2, 0) is 11.5 Å². The minimum Gasteiger partial charge on any atom is -0.323 e. The second kappa shape index (κ2) is 16.3. The average molecular weight is 363 g/mol. The Morgan fingerprint density at radius 3 is 1.69 bits per heavy atom. The van der Waals surface area contributed by atoms with Crippen LogP contribution in [0.25, 0.3) is 0 Å². The van der Waals surface area contributed by atoms with Crippen molar-refractivity contribution < 1.29 is 9.30 Å². The van der Waals surface area contributed by atoms with E-state index in [0.717, 1.165) is 6.61 Å². The zero-order valence-electron chi connectivity index (χ0n) is 17.9. The van der Waals surface area contributed by atoms with Crippen LogP contribution in [0.3, 0.4) is 0 Å². The zero-order chi connectivity index (χ0) is 18.9. The minimum atomic E-state index is 0.680. The summed E-state index contributed by atoms with van der Waals surface area (Å²) in [6.45, 7) is 8.16. The van der Waals surface area contributed by atoms with Gasteiger partial charge < -0.3 is 4.74 Å². The lowest BCUT2D eigenvalue weighted by atomic mass is 10.0. The molecule has 1 rings (SSSR count). The van der Waals surface area contributed by atoms with Gasteiger partial charge in [0.2, 0.25) is 0 Å². The van der Waals surface area contributed by atoms with Crippen LogP contribution in [0.5, 0.6) is 0 Å². The standard InChI is InChI=1S/C24H44NO/c1-4-5-6-7-8-9-10-11-12-13-14-15-16-17-20-26-22-25-19-18-23(2)24(3)21-25/h18-19,21H,4-17,20,22H2,1-3H3/q+1. The van der Waals surface area contributed by atoms with Gasteiger partial charge in [-0.1, -0.05) is 90.4 Å². The van der Waals surface area contributed by atoms with Gasteiger partial charge in [0.15, 0.2) is 12.4 Å². The monoisotopic (exact) mass is 362 g/mol. The van der Waals surface area contributed by atoms with Gasteiger partial charge in [0, 0.05) is 11.6 Å². The molecule has 2 heteroatoms. The van der Waals surface area contributed by atoms with Gasteiger partial charge in [-0.2, -0.15) is 4.57 Å². The van der Waals surface area contributed by atoms with Crippen molar-refractivity contribution in [3.63, 3.8) is 0 Å². The van der Waals surface area contributed by atoms with Gasteiger partial charge in [-0.15, -0.1) is 0 Å². The molecule has 0 aliphatic heterocycles. The fourth-order valence-electron chi connectivity index (χ4n) is 3.38. The van der Waals surface area contributed by atoms with E-state index >= 15 is 0 Å². The Bertz CT molecular complexity index is 444. The molecule has 0 spiro atoms. The molecule has 0 atom stereocenters. The Morgan fingerprint density at radius 1 is 0.692 bits per heavy atom. The third kappa shape index (κ3) is 12.5. The third-order valence-corrected chi connectivity index (χ3v) is 5.38. The van der Waals surface area contributed by atoms with Gasteiger partial charge in [-0.05, 0) is 25.8 Å². The van der Waals surface area contributed by atoms with E-state index in [1.807, 2.05) is 0 Å². The van der Waals surface area contributed by atoms with Crippen molar-refractivity contribution in [3.05, 3.63) is 29.6 Å². The summed E-state index contributed by atoms with van der Waals surface area (Å²) in [5.74, 6) is 0. The molecule has 0 fully saturated rings. The van der Waals surface area contributed by atoms with E-state index in [4.69, 9.17) is 4.74 Å². The highest BCUT2D eigenvalue weighted by Crippen LogP contribution is 2.12. The molecular formula is C24H44NO+. The molecule has 1 aromatic rings. The molecule has 0 saturated carbocycles. The predicted molar refractivity (Wildman–Crippen MR) is 112 cm³/mol. The molecule has 0 aromatic carbocycles. The van der Waals surface area contributed by atoms with Crippen molar-refractivity contribution in [2.24, 2.45) is 0 Å². The Labute approximate surface area is 163 Å². The van der Waals surface area contributed by atoms with Gasteiger partial charge >= 0.3 is 0 Å². The molecule has 0 saturated heterocycles. The smallest absolute Gasteiger partial charge is 0.252 e. The summed E-state index contributed by atoms with van der Waals surface area (Å²) >= 11 is 0. The number of hydrogen-bond donors (Lipinski definition) is 0. The molecule has 0 radical (unpaired) electrons. The summed E-state index contributed by atoms with van der Waals surface area (Å²) in [5, 5.41) is 0. The minimum absolute atomic E-state index is 0.680. The molecule has 0 aliphatic carbocycles. The van der Waals surface area contributed by atoms with Crippen molar-refractivity contribution in [2.75, 3.05) is 6.61 Å².